The van der Waals surface area contributed by atoms with Crippen LogP contribution in [0.25, 0.3) is 0 Å². The van der Waals surface area contributed by atoms with Gasteiger partial charge in [0.2, 0.25) is 0 Å². The van der Waals surface area contributed by atoms with Crippen LogP contribution in [-0.2, 0) is 24.2 Å². The Labute approximate surface area is 203 Å². The normalized spacial score (nSPS) is 11.0. The molecule has 176 valence electrons. The van der Waals surface area contributed by atoms with Crippen molar-refractivity contribution in [1.82, 2.24) is 9.47 Å². The minimum Gasteiger partial charge on any atom is -0.385 e. The first-order chi connectivity index (χ1) is 16.1. The molecule has 0 unspecified atom stereocenters. The molecule has 0 spiro atoms. The Morgan fingerprint density at radius 2 is 1.79 bits per heavy atom. The fourth-order valence-corrected chi connectivity index (χ4v) is 4.18. The summed E-state index contributed by atoms with van der Waals surface area (Å²) >= 11 is 6.38. The van der Waals surface area contributed by atoms with Crippen LogP contribution in [0.15, 0.2) is 66.9 Å². The van der Waals surface area contributed by atoms with Gasteiger partial charge in [-0.2, -0.15) is 0 Å². The molecule has 1 aromatic heterocycles. The van der Waals surface area contributed by atoms with Crippen molar-refractivity contribution in [3.05, 3.63) is 94.3 Å². The number of hydrogen-bond donors (Lipinski definition) is 0. The lowest BCUT2D eigenvalue weighted by Crippen LogP contribution is -2.33. The second-order valence-corrected chi connectivity index (χ2v) is 8.85. The minimum atomic E-state index is 0.0525. The molecule has 0 bridgehead atoms. The smallest absolute Gasteiger partial charge is 0.254 e. The Kier molecular flexibility index (Phi) is 10.0. The van der Waals surface area contributed by atoms with Crippen LogP contribution in [0.5, 0.6) is 0 Å². The summed E-state index contributed by atoms with van der Waals surface area (Å²) in [6.45, 7) is 4.70. The Hall–Kier alpha value is -2.56. The number of unbranched alkanes of at least 4 members (excludes halogenated alkanes) is 2. The van der Waals surface area contributed by atoms with Gasteiger partial charge in [0.05, 0.1) is 6.54 Å². The molecule has 5 heteroatoms. The second-order valence-electron chi connectivity index (χ2n) is 8.45. The zero-order valence-electron chi connectivity index (χ0n) is 19.8. The van der Waals surface area contributed by atoms with E-state index in [9.17, 15) is 4.79 Å². The zero-order chi connectivity index (χ0) is 23.5. The van der Waals surface area contributed by atoms with E-state index in [0.717, 1.165) is 34.7 Å². The van der Waals surface area contributed by atoms with Crippen LogP contribution in [0.4, 0.5) is 0 Å². The molecule has 3 aromatic rings. The number of amides is 1. The molecule has 0 fully saturated rings. The second kappa shape index (κ2) is 13.2. The average Bonchev–Trinajstić information content (AvgIpc) is 3.27. The molecule has 4 nitrogen and oxygen atoms in total. The quantitative estimate of drug-likeness (QED) is 0.266. The Balaban J connectivity index is 1.73. The first-order valence-corrected chi connectivity index (χ1v) is 12.2. The number of nitrogens with zero attached hydrogens (tertiary/aromatic N) is 2. The van der Waals surface area contributed by atoms with Gasteiger partial charge in [-0.15, -0.1) is 0 Å². The lowest BCUT2D eigenvalue weighted by atomic mass is 10.0. The van der Waals surface area contributed by atoms with Crippen LogP contribution in [0.1, 0.15) is 59.8 Å². The first kappa shape index (κ1) is 25.1. The molecular formula is C28H35ClN2O2. The van der Waals surface area contributed by atoms with Gasteiger partial charge in [-0.05, 0) is 60.7 Å². The van der Waals surface area contributed by atoms with Crippen molar-refractivity contribution < 1.29 is 9.53 Å². The third-order valence-corrected chi connectivity index (χ3v) is 6.28. The highest BCUT2D eigenvalue weighted by Crippen LogP contribution is 2.19. The maximum Gasteiger partial charge on any atom is 0.254 e. The maximum absolute atomic E-state index is 13.4. The fraction of sp³-hybridized carbons (Fsp3) is 0.393. The number of halogens is 1. The number of carbonyl (C=O) groups is 1. The number of carbonyl (C=O) groups excluding carboxylic acids is 1. The molecule has 1 amide bonds. The molecule has 0 saturated heterocycles. The summed E-state index contributed by atoms with van der Waals surface area (Å²) in [6.07, 6.45) is 7.54. The highest BCUT2D eigenvalue weighted by molar-refractivity contribution is 6.31. The van der Waals surface area contributed by atoms with Gasteiger partial charge in [0.25, 0.3) is 5.91 Å². The van der Waals surface area contributed by atoms with E-state index in [2.05, 4.69) is 29.7 Å². The molecule has 0 aliphatic carbocycles. The monoisotopic (exact) mass is 466 g/mol. The van der Waals surface area contributed by atoms with E-state index in [-0.39, 0.29) is 5.91 Å². The molecule has 2 aromatic carbocycles. The van der Waals surface area contributed by atoms with Gasteiger partial charge < -0.3 is 14.2 Å². The average molecular weight is 467 g/mol. The van der Waals surface area contributed by atoms with Crippen LogP contribution in [0.3, 0.4) is 0 Å². The summed E-state index contributed by atoms with van der Waals surface area (Å²) in [5.41, 5.74) is 4.17. The molecule has 0 N–H and O–H groups in total. The highest BCUT2D eigenvalue weighted by atomic mass is 35.5. The van der Waals surface area contributed by atoms with E-state index in [4.69, 9.17) is 16.3 Å². The minimum absolute atomic E-state index is 0.0525. The van der Waals surface area contributed by atoms with Gasteiger partial charge in [-0.1, -0.05) is 61.7 Å². The zero-order valence-corrected chi connectivity index (χ0v) is 20.6. The summed E-state index contributed by atoms with van der Waals surface area (Å²) in [4.78, 5) is 15.3. The Bertz CT molecular complexity index is 997. The standard InChI is InChI=1S/C28H35ClN2O2/c1-3-4-5-10-23-14-16-24(17-15-23)28(32)31(19-9-20-33-2)22-26-12-8-18-30(26)21-25-11-6-7-13-27(25)29/h6-8,11-18H,3-5,9-10,19-22H2,1-2H3. The number of ether oxygens (including phenoxy) is 1. The largest absolute Gasteiger partial charge is 0.385 e. The van der Waals surface area contributed by atoms with E-state index in [1.807, 2.05) is 53.6 Å². The number of rotatable bonds is 13. The van der Waals surface area contributed by atoms with Crippen LogP contribution in [0.2, 0.25) is 5.02 Å². The topological polar surface area (TPSA) is 34.5 Å². The SMILES string of the molecule is CCCCCc1ccc(C(=O)N(CCCOC)Cc2cccn2Cc2ccccc2Cl)cc1. The maximum atomic E-state index is 13.4. The van der Waals surface area contributed by atoms with Crippen molar-refractivity contribution in [1.29, 1.82) is 0 Å². The molecule has 0 radical (unpaired) electrons. The van der Waals surface area contributed by atoms with Crippen LogP contribution >= 0.6 is 11.6 Å². The number of hydrogen-bond acceptors (Lipinski definition) is 2. The number of methoxy groups -OCH3 is 1. The van der Waals surface area contributed by atoms with E-state index >= 15 is 0 Å². The molecule has 0 saturated carbocycles. The van der Waals surface area contributed by atoms with Gasteiger partial charge in [0.1, 0.15) is 0 Å². The van der Waals surface area contributed by atoms with Crippen molar-refractivity contribution in [3.63, 3.8) is 0 Å². The molecule has 0 atom stereocenters. The van der Waals surface area contributed by atoms with Crippen LogP contribution < -0.4 is 0 Å². The summed E-state index contributed by atoms with van der Waals surface area (Å²) in [6, 6.07) is 20.1. The Morgan fingerprint density at radius 1 is 1.00 bits per heavy atom. The molecule has 3 rings (SSSR count). The van der Waals surface area contributed by atoms with Gasteiger partial charge in [-0.3, -0.25) is 4.79 Å². The summed E-state index contributed by atoms with van der Waals surface area (Å²) in [5, 5.41) is 0.754. The van der Waals surface area contributed by atoms with Crippen molar-refractivity contribution in [3.8, 4) is 0 Å². The lowest BCUT2D eigenvalue weighted by Gasteiger charge is -2.24. The predicted molar refractivity (Wildman–Crippen MR) is 136 cm³/mol. The molecule has 33 heavy (non-hydrogen) atoms. The predicted octanol–water partition coefficient (Wildman–Crippen LogP) is 6.60. The first-order valence-electron chi connectivity index (χ1n) is 11.9. The Morgan fingerprint density at radius 3 is 2.52 bits per heavy atom. The highest BCUT2D eigenvalue weighted by Gasteiger charge is 2.18. The number of aromatic nitrogens is 1. The number of benzene rings is 2. The lowest BCUT2D eigenvalue weighted by molar-refractivity contribution is 0.0720. The summed E-state index contributed by atoms with van der Waals surface area (Å²) < 4.78 is 7.39. The molecule has 0 aliphatic rings. The van der Waals surface area contributed by atoms with E-state index in [0.29, 0.717) is 26.2 Å². The molecule has 1 heterocycles. The van der Waals surface area contributed by atoms with E-state index in [1.165, 1.54) is 24.8 Å². The van der Waals surface area contributed by atoms with Gasteiger partial charge in [0.15, 0.2) is 0 Å². The van der Waals surface area contributed by atoms with Crippen LogP contribution in [-0.4, -0.2) is 35.6 Å². The number of aryl methyl sites for hydroxylation is 1. The third-order valence-electron chi connectivity index (χ3n) is 5.91. The molecular weight excluding hydrogens is 432 g/mol. The summed E-state index contributed by atoms with van der Waals surface area (Å²) in [5.74, 6) is 0.0525. The van der Waals surface area contributed by atoms with E-state index < -0.39 is 0 Å². The van der Waals surface area contributed by atoms with E-state index in [1.54, 1.807) is 7.11 Å². The van der Waals surface area contributed by atoms with Crippen molar-refractivity contribution in [2.24, 2.45) is 0 Å². The van der Waals surface area contributed by atoms with Gasteiger partial charge in [-0.25, -0.2) is 0 Å². The third kappa shape index (κ3) is 7.48. The molecule has 0 aliphatic heterocycles. The van der Waals surface area contributed by atoms with Crippen molar-refractivity contribution in [2.45, 2.75) is 52.1 Å². The van der Waals surface area contributed by atoms with Crippen molar-refractivity contribution in [2.75, 3.05) is 20.3 Å². The summed E-state index contributed by atoms with van der Waals surface area (Å²) in [7, 11) is 1.69. The van der Waals surface area contributed by atoms with Crippen LogP contribution in [0, 0.1) is 0 Å². The van der Waals surface area contributed by atoms with Gasteiger partial charge in [0, 0.05) is 49.3 Å². The van der Waals surface area contributed by atoms with Crippen molar-refractivity contribution >= 4 is 17.5 Å². The van der Waals surface area contributed by atoms with Gasteiger partial charge >= 0.3 is 0 Å². The fourth-order valence-electron chi connectivity index (χ4n) is 3.98.